The summed E-state index contributed by atoms with van der Waals surface area (Å²) in [4.78, 5) is 0. The number of aromatic hydroxyl groups is 1. The third-order valence-corrected chi connectivity index (χ3v) is 3.73. The fraction of sp³-hybridized carbons (Fsp3) is 0.667. The van der Waals surface area contributed by atoms with Gasteiger partial charge in [0.25, 0.3) is 0 Å². The summed E-state index contributed by atoms with van der Waals surface area (Å²) < 4.78 is 0. The number of rotatable bonds is 3. The van der Waals surface area contributed by atoms with Gasteiger partial charge in [0.1, 0.15) is 5.75 Å². The molecule has 0 aromatic heterocycles. The smallest absolute Gasteiger partial charge is 0.123 e. The highest BCUT2D eigenvalue weighted by molar-refractivity contribution is 5.50. The summed E-state index contributed by atoms with van der Waals surface area (Å²) in [6, 6.07) is 4.09. The average Bonchev–Trinajstić information content (AvgIpc) is 2.28. The molecule has 1 aromatic carbocycles. The summed E-state index contributed by atoms with van der Waals surface area (Å²) in [5, 5.41) is 20.5. The lowest BCUT2D eigenvalue weighted by Gasteiger charge is -2.28. The number of hydrogen-bond donors (Lipinski definition) is 2. The van der Waals surface area contributed by atoms with Crippen molar-refractivity contribution in [2.24, 2.45) is 0 Å². The molecular formula is C18H30O2. The number of phenolic OH excluding ortho intramolecular Hbond substituents is 1. The lowest BCUT2D eigenvalue weighted by atomic mass is 9.78. The molecule has 0 aliphatic rings. The van der Waals surface area contributed by atoms with Crippen LogP contribution >= 0.6 is 0 Å². The van der Waals surface area contributed by atoms with Crippen LogP contribution in [-0.2, 0) is 17.3 Å². The van der Waals surface area contributed by atoms with Gasteiger partial charge in [-0.15, -0.1) is 0 Å². The minimum absolute atomic E-state index is 0.114. The fourth-order valence-electron chi connectivity index (χ4n) is 2.37. The standard InChI is InChI=1S/C18H30O2/c1-8-13(19)9-12-10-14(17(2,3)4)16(20)15(11-12)18(5,6)7/h10-11,13,19-20H,8-9H2,1-7H3. The first kappa shape index (κ1) is 17.0. The zero-order valence-corrected chi connectivity index (χ0v) is 14.0. The van der Waals surface area contributed by atoms with E-state index in [2.05, 4.69) is 41.5 Å². The van der Waals surface area contributed by atoms with Gasteiger partial charge in [-0.1, -0.05) is 60.6 Å². The second kappa shape index (κ2) is 5.77. The Balaban J connectivity index is 3.42. The van der Waals surface area contributed by atoms with E-state index in [9.17, 15) is 10.2 Å². The molecule has 0 amide bonds. The molecule has 0 aliphatic carbocycles. The summed E-state index contributed by atoms with van der Waals surface area (Å²) in [5.74, 6) is 0.403. The van der Waals surface area contributed by atoms with E-state index in [-0.39, 0.29) is 16.9 Å². The number of benzene rings is 1. The predicted octanol–water partition coefficient (Wildman–Crippen LogP) is 4.30. The van der Waals surface area contributed by atoms with Crippen molar-refractivity contribution >= 4 is 0 Å². The molecule has 114 valence electrons. The molecule has 2 N–H and O–H groups in total. The summed E-state index contributed by atoms with van der Waals surface area (Å²) in [5.41, 5.74) is 2.80. The maximum Gasteiger partial charge on any atom is 0.123 e. The summed E-state index contributed by atoms with van der Waals surface area (Å²) >= 11 is 0. The van der Waals surface area contributed by atoms with Crippen LogP contribution in [0.1, 0.15) is 71.6 Å². The van der Waals surface area contributed by atoms with Crippen LogP contribution < -0.4 is 0 Å². The SMILES string of the molecule is CCC(O)Cc1cc(C(C)(C)C)c(O)c(C(C)(C)C)c1. The minimum Gasteiger partial charge on any atom is -0.507 e. The van der Waals surface area contributed by atoms with Gasteiger partial charge in [0.15, 0.2) is 0 Å². The van der Waals surface area contributed by atoms with E-state index in [1.807, 2.05) is 19.1 Å². The first-order chi connectivity index (χ1) is 8.96. The van der Waals surface area contributed by atoms with Crippen LogP contribution in [0.3, 0.4) is 0 Å². The molecule has 1 unspecified atom stereocenters. The van der Waals surface area contributed by atoms with E-state index in [0.717, 1.165) is 23.1 Å². The lowest BCUT2D eigenvalue weighted by Crippen LogP contribution is -2.19. The maximum atomic E-state index is 10.6. The number of aliphatic hydroxyl groups excluding tert-OH is 1. The minimum atomic E-state index is -0.319. The highest BCUT2D eigenvalue weighted by atomic mass is 16.3. The lowest BCUT2D eigenvalue weighted by molar-refractivity contribution is 0.170. The zero-order valence-electron chi connectivity index (χ0n) is 14.0. The monoisotopic (exact) mass is 278 g/mol. The van der Waals surface area contributed by atoms with Crippen LogP contribution in [-0.4, -0.2) is 16.3 Å². The van der Waals surface area contributed by atoms with Gasteiger partial charge in [-0.2, -0.15) is 0 Å². The van der Waals surface area contributed by atoms with E-state index >= 15 is 0 Å². The molecule has 0 radical (unpaired) electrons. The molecule has 0 fully saturated rings. The maximum absolute atomic E-state index is 10.6. The van der Waals surface area contributed by atoms with Crippen LogP contribution in [0.5, 0.6) is 5.75 Å². The topological polar surface area (TPSA) is 40.5 Å². The molecule has 0 spiro atoms. The Morgan fingerprint density at radius 3 is 1.65 bits per heavy atom. The van der Waals surface area contributed by atoms with E-state index < -0.39 is 0 Å². The summed E-state index contributed by atoms with van der Waals surface area (Å²) in [6.45, 7) is 14.6. The van der Waals surface area contributed by atoms with Crippen LogP contribution in [0.2, 0.25) is 0 Å². The Labute approximate surface area is 123 Å². The summed E-state index contributed by atoms with van der Waals surface area (Å²) in [6.07, 6.45) is 1.07. The van der Waals surface area contributed by atoms with Gasteiger partial charge in [0.05, 0.1) is 6.10 Å². The van der Waals surface area contributed by atoms with E-state index in [4.69, 9.17) is 0 Å². The highest BCUT2D eigenvalue weighted by Gasteiger charge is 2.26. The van der Waals surface area contributed by atoms with E-state index in [1.165, 1.54) is 0 Å². The van der Waals surface area contributed by atoms with Gasteiger partial charge in [0, 0.05) is 0 Å². The van der Waals surface area contributed by atoms with Crippen molar-refractivity contribution in [2.45, 2.75) is 78.2 Å². The molecule has 1 aromatic rings. The Bertz CT molecular complexity index is 426. The van der Waals surface area contributed by atoms with Crippen LogP contribution in [0, 0.1) is 0 Å². The van der Waals surface area contributed by atoms with Crippen LogP contribution in [0.25, 0.3) is 0 Å². The van der Waals surface area contributed by atoms with Gasteiger partial charge in [-0.25, -0.2) is 0 Å². The molecule has 0 saturated heterocycles. The molecular weight excluding hydrogens is 248 g/mol. The quantitative estimate of drug-likeness (QED) is 0.865. The summed E-state index contributed by atoms with van der Waals surface area (Å²) in [7, 11) is 0. The highest BCUT2D eigenvalue weighted by Crippen LogP contribution is 2.39. The molecule has 1 atom stereocenters. The fourth-order valence-corrected chi connectivity index (χ4v) is 2.37. The largest absolute Gasteiger partial charge is 0.507 e. The normalized spacial score (nSPS) is 14.4. The molecule has 20 heavy (non-hydrogen) atoms. The molecule has 0 bridgehead atoms. The Morgan fingerprint density at radius 2 is 1.35 bits per heavy atom. The van der Waals surface area contributed by atoms with Crippen molar-refractivity contribution in [2.75, 3.05) is 0 Å². The van der Waals surface area contributed by atoms with E-state index in [1.54, 1.807) is 0 Å². The van der Waals surface area contributed by atoms with Gasteiger partial charge >= 0.3 is 0 Å². The predicted molar refractivity (Wildman–Crippen MR) is 85.5 cm³/mol. The molecule has 0 saturated carbocycles. The Hall–Kier alpha value is -1.02. The zero-order chi connectivity index (χ0) is 15.7. The number of aliphatic hydroxyl groups is 1. The first-order valence-corrected chi connectivity index (χ1v) is 7.51. The van der Waals surface area contributed by atoms with Gasteiger partial charge in [-0.05, 0) is 40.4 Å². The van der Waals surface area contributed by atoms with Crippen molar-refractivity contribution in [3.05, 3.63) is 28.8 Å². The third kappa shape index (κ3) is 3.99. The number of hydrogen-bond acceptors (Lipinski definition) is 2. The van der Waals surface area contributed by atoms with Crippen molar-refractivity contribution in [3.8, 4) is 5.75 Å². The van der Waals surface area contributed by atoms with Crippen LogP contribution in [0.4, 0.5) is 0 Å². The Kier molecular flexibility index (Phi) is 4.91. The van der Waals surface area contributed by atoms with Crippen molar-refractivity contribution in [1.29, 1.82) is 0 Å². The van der Waals surface area contributed by atoms with Crippen LogP contribution in [0.15, 0.2) is 12.1 Å². The molecule has 1 rings (SSSR count). The second-order valence-corrected chi connectivity index (χ2v) is 7.81. The van der Waals surface area contributed by atoms with Crippen molar-refractivity contribution in [1.82, 2.24) is 0 Å². The van der Waals surface area contributed by atoms with Gasteiger partial charge in [-0.3, -0.25) is 0 Å². The van der Waals surface area contributed by atoms with Crippen molar-refractivity contribution < 1.29 is 10.2 Å². The van der Waals surface area contributed by atoms with Crippen molar-refractivity contribution in [3.63, 3.8) is 0 Å². The van der Waals surface area contributed by atoms with Gasteiger partial charge in [0.2, 0.25) is 0 Å². The second-order valence-electron chi connectivity index (χ2n) is 7.81. The first-order valence-electron chi connectivity index (χ1n) is 7.51. The third-order valence-electron chi connectivity index (χ3n) is 3.73. The average molecular weight is 278 g/mol. The molecule has 0 heterocycles. The number of phenols is 1. The molecule has 2 heteroatoms. The molecule has 2 nitrogen and oxygen atoms in total. The molecule has 0 aliphatic heterocycles. The Morgan fingerprint density at radius 1 is 0.950 bits per heavy atom. The van der Waals surface area contributed by atoms with Gasteiger partial charge < -0.3 is 10.2 Å². The van der Waals surface area contributed by atoms with E-state index in [0.29, 0.717) is 12.2 Å².